The third kappa shape index (κ3) is 4.41. The van der Waals surface area contributed by atoms with E-state index in [1.807, 2.05) is 37.3 Å². The first kappa shape index (κ1) is 18.4. The fraction of sp³-hybridized carbons (Fsp3) is 0.190. The Morgan fingerprint density at radius 3 is 2.59 bits per heavy atom. The van der Waals surface area contributed by atoms with Crippen LogP contribution in [0.4, 0.5) is 0 Å². The van der Waals surface area contributed by atoms with Gasteiger partial charge in [-0.05, 0) is 30.7 Å². The van der Waals surface area contributed by atoms with E-state index in [1.54, 1.807) is 41.2 Å². The number of carbonyl (C=O) groups is 1. The van der Waals surface area contributed by atoms with E-state index >= 15 is 0 Å². The Morgan fingerprint density at radius 1 is 1.11 bits per heavy atom. The van der Waals surface area contributed by atoms with Gasteiger partial charge in [0.25, 0.3) is 5.91 Å². The molecule has 2 aromatic carbocycles. The number of carbonyl (C=O) groups excluding carboxylic acids is 1. The van der Waals surface area contributed by atoms with Crippen molar-refractivity contribution in [3.8, 4) is 17.3 Å². The van der Waals surface area contributed by atoms with Crippen molar-refractivity contribution in [3.05, 3.63) is 77.8 Å². The van der Waals surface area contributed by atoms with E-state index in [9.17, 15) is 4.79 Å². The maximum atomic E-state index is 12.6. The molecule has 0 spiro atoms. The van der Waals surface area contributed by atoms with Gasteiger partial charge in [0.2, 0.25) is 5.88 Å². The zero-order chi connectivity index (χ0) is 19.1. The summed E-state index contributed by atoms with van der Waals surface area (Å²) in [5, 5.41) is 4.83. The van der Waals surface area contributed by atoms with E-state index in [2.05, 4.69) is 10.1 Å². The van der Waals surface area contributed by atoms with Crippen molar-refractivity contribution in [2.75, 3.05) is 13.7 Å². The number of ether oxygens (including phenoxy) is 2. The predicted octanol–water partition coefficient (Wildman–Crippen LogP) is 3.41. The van der Waals surface area contributed by atoms with Crippen LogP contribution >= 0.6 is 0 Å². The van der Waals surface area contributed by atoms with Gasteiger partial charge in [-0.25, -0.2) is 9.67 Å². The maximum Gasteiger partial charge on any atom is 0.281 e. The molecule has 3 rings (SSSR count). The Kier molecular flexibility index (Phi) is 5.99. The van der Waals surface area contributed by atoms with Gasteiger partial charge in [0, 0.05) is 6.07 Å². The monoisotopic (exact) mass is 363 g/mol. The van der Waals surface area contributed by atoms with E-state index in [0.29, 0.717) is 29.2 Å². The first-order chi connectivity index (χ1) is 13.2. The largest absolute Gasteiger partial charge is 0.496 e. The van der Waals surface area contributed by atoms with Gasteiger partial charge >= 0.3 is 0 Å². The first-order valence-electron chi connectivity index (χ1n) is 8.72. The van der Waals surface area contributed by atoms with E-state index in [4.69, 9.17) is 9.47 Å². The summed E-state index contributed by atoms with van der Waals surface area (Å²) in [6, 6.07) is 18.4. The van der Waals surface area contributed by atoms with Crippen LogP contribution in [0.2, 0.25) is 0 Å². The summed E-state index contributed by atoms with van der Waals surface area (Å²) in [6.45, 7) is 2.57. The second-order valence-electron chi connectivity index (χ2n) is 5.77. The van der Waals surface area contributed by atoms with Gasteiger partial charge < -0.3 is 9.47 Å². The SMILES string of the molecule is CCCOc1c/c(=N\C(=O)c2ccccc2OC)cnn1-c1ccccc1. The molecule has 1 aromatic heterocycles. The van der Waals surface area contributed by atoms with Gasteiger partial charge in [0.1, 0.15) is 5.75 Å². The summed E-state index contributed by atoms with van der Waals surface area (Å²) in [4.78, 5) is 16.7. The van der Waals surface area contributed by atoms with Gasteiger partial charge in [-0.15, -0.1) is 0 Å². The highest BCUT2D eigenvalue weighted by molar-refractivity contribution is 5.97. The van der Waals surface area contributed by atoms with Gasteiger partial charge in [-0.3, -0.25) is 4.79 Å². The van der Waals surface area contributed by atoms with Crippen LogP contribution < -0.4 is 14.8 Å². The summed E-state index contributed by atoms with van der Waals surface area (Å²) in [7, 11) is 1.52. The van der Waals surface area contributed by atoms with E-state index in [0.717, 1.165) is 12.1 Å². The quantitative estimate of drug-likeness (QED) is 0.673. The maximum absolute atomic E-state index is 12.6. The summed E-state index contributed by atoms with van der Waals surface area (Å²) < 4.78 is 12.7. The molecule has 27 heavy (non-hydrogen) atoms. The molecule has 3 aromatic rings. The van der Waals surface area contributed by atoms with Crippen molar-refractivity contribution < 1.29 is 14.3 Å². The zero-order valence-electron chi connectivity index (χ0n) is 15.3. The Balaban J connectivity index is 2.01. The molecule has 1 heterocycles. The summed E-state index contributed by atoms with van der Waals surface area (Å²) in [5.74, 6) is 0.613. The molecule has 0 fully saturated rings. The molecule has 0 saturated heterocycles. The van der Waals surface area contributed by atoms with Crippen LogP contribution in [0.3, 0.4) is 0 Å². The van der Waals surface area contributed by atoms with Crippen LogP contribution in [-0.4, -0.2) is 29.4 Å². The summed E-state index contributed by atoms with van der Waals surface area (Å²) in [5.41, 5.74) is 1.27. The Labute approximate surface area is 157 Å². The van der Waals surface area contributed by atoms with Crippen molar-refractivity contribution >= 4 is 5.91 Å². The van der Waals surface area contributed by atoms with Crippen molar-refractivity contribution in [1.29, 1.82) is 0 Å². The number of hydrogen-bond acceptors (Lipinski definition) is 4. The Bertz CT molecular complexity index is 981. The Hall–Kier alpha value is -3.41. The first-order valence-corrected chi connectivity index (χ1v) is 8.72. The topological polar surface area (TPSA) is 65.7 Å². The molecule has 0 radical (unpaired) electrons. The summed E-state index contributed by atoms with van der Waals surface area (Å²) >= 11 is 0. The number of para-hydroxylation sites is 2. The second kappa shape index (κ2) is 8.80. The van der Waals surface area contributed by atoms with E-state index < -0.39 is 5.91 Å². The molecule has 0 unspecified atom stereocenters. The molecule has 0 aliphatic rings. The molecule has 0 aliphatic carbocycles. The number of benzene rings is 2. The minimum Gasteiger partial charge on any atom is -0.496 e. The fourth-order valence-electron chi connectivity index (χ4n) is 2.53. The average molecular weight is 363 g/mol. The molecule has 0 atom stereocenters. The van der Waals surface area contributed by atoms with Gasteiger partial charge in [0.15, 0.2) is 0 Å². The number of hydrogen-bond donors (Lipinski definition) is 0. The Morgan fingerprint density at radius 2 is 1.85 bits per heavy atom. The lowest BCUT2D eigenvalue weighted by atomic mass is 10.2. The highest BCUT2D eigenvalue weighted by atomic mass is 16.5. The highest BCUT2D eigenvalue weighted by Crippen LogP contribution is 2.18. The molecular formula is C21H21N3O3. The standard InChI is InChI=1S/C21H21N3O3/c1-3-13-27-20-14-16(15-22-24(20)17-9-5-4-6-10-17)23-21(25)18-11-7-8-12-19(18)26-2/h4-12,14-15H,3,13H2,1-2H3/b23-16+. The van der Waals surface area contributed by atoms with Crippen molar-refractivity contribution in [2.24, 2.45) is 4.99 Å². The number of aromatic nitrogens is 2. The van der Waals surface area contributed by atoms with Crippen molar-refractivity contribution in [1.82, 2.24) is 9.78 Å². The number of amides is 1. The van der Waals surface area contributed by atoms with Crippen LogP contribution in [0.5, 0.6) is 11.6 Å². The lowest BCUT2D eigenvalue weighted by Crippen LogP contribution is -2.15. The average Bonchev–Trinajstić information content (AvgIpc) is 2.73. The lowest BCUT2D eigenvalue weighted by molar-refractivity contribution is 0.0995. The number of methoxy groups -OCH3 is 1. The number of nitrogens with zero attached hydrogens (tertiary/aromatic N) is 3. The zero-order valence-corrected chi connectivity index (χ0v) is 15.3. The molecule has 0 N–H and O–H groups in total. The van der Waals surface area contributed by atoms with Gasteiger partial charge in [-0.1, -0.05) is 37.3 Å². The van der Waals surface area contributed by atoms with E-state index in [1.165, 1.54) is 7.11 Å². The minimum atomic E-state index is -0.395. The number of rotatable bonds is 6. The lowest BCUT2D eigenvalue weighted by Gasteiger charge is -2.12. The molecule has 6 heteroatoms. The van der Waals surface area contributed by atoms with Crippen molar-refractivity contribution in [3.63, 3.8) is 0 Å². The van der Waals surface area contributed by atoms with Crippen LogP contribution in [0.25, 0.3) is 5.69 Å². The minimum absolute atomic E-state index is 0.395. The van der Waals surface area contributed by atoms with Crippen LogP contribution in [0, 0.1) is 0 Å². The molecule has 138 valence electrons. The summed E-state index contributed by atoms with van der Waals surface area (Å²) in [6.07, 6.45) is 2.40. The molecule has 6 nitrogen and oxygen atoms in total. The van der Waals surface area contributed by atoms with E-state index in [-0.39, 0.29) is 0 Å². The molecule has 1 amide bonds. The van der Waals surface area contributed by atoms with Gasteiger partial charge in [-0.2, -0.15) is 5.10 Å². The third-order valence-electron chi connectivity index (χ3n) is 3.81. The van der Waals surface area contributed by atoms with Crippen LogP contribution in [0.15, 0.2) is 71.9 Å². The van der Waals surface area contributed by atoms with Gasteiger partial charge in [0.05, 0.1) is 36.5 Å². The van der Waals surface area contributed by atoms with Crippen LogP contribution in [-0.2, 0) is 0 Å². The second-order valence-corrected chi connectivity index (χ2v) is 5.77. The highest BCUT2D eigenvalue weighted by Gasteiger charge is 2.11. The molecule has 0 bridgehead atoms. The predicted molar refractivity (Wildman–Crippen MR) is 102 cm³/mol. The molecule has 0 saturated carbocycles. The van der Waals surface area contributed by atoms with Crippen LogP contribution in [0.1, 0.15) is 23.7 Å². The smallest absolute Gasteiger partial charge is 0.281 e. The van der Waals surface area contributed by atoms with Crippen molar-refractivity contribution in [2.45, 2.75) is 13.3 Å². The molecule has 0 aliphatic heterocycles. The molecular weight excluding hydrogens is 342 g/mol. The fourth-order valence-corrected chi connectivity index (χ4v) is 2.53. The third-order valence-corrected chi connectivity index (χ3v) is 3.81. The normalized spacial score (nSPS) is 11.3.